The van der Waals surface area contributed by atoms with Gasteiger partial charge in [-0.2, -0.15) is 5.26 Å². The second-order valence-electron chi connectivity index (χ2n) is 3.60. The van der Waals surface area contributed by atoms with E-state index in [9.17, 15) is 4.79 Å². The monoisotopic (exact) mass is 238 g/mol. The molecule has 2 rings (SSSR count). The maximum absolute atomic E-state index is 10.5. The molecule has 4 nitrogen and oxygen atoms in total. The summed E-state index contributed by atoms with van der Waals surface area (Å²) < 4.78 is 5.53. The molecule has 0 N–H and O–H groups in total. The van der Waals surface area contributed by atoms with Gasteiger partial charge in [0, 0.05) is 17.3 Å². The Morgan fingerprint density at radius 2 is 2.06 bits per heavy atom. The van der Waals surface area contributed by atoms with Crippen molar-refractivity contribution in [3.05, 3.63) is 59.4 Å². The van der Waals surface area contributed by atoms with E-state index in [4.69, 9.17) is 10.00 Å². The molecule has 0 unspecified atom stereocenters. The van der Waals surface area contributed by atoms with Crippen LogP contribution in [0, 0.1) is 11.3 Å². The number of hydrogen-bond acceptors (Lipinski definition) is 4. The molecule has 88 valence electrons. The highest BCUT2D eigenvalue weighted by atomic mass is 16.5. The number of carbonyl (C=O) groups is 1. The maximum atomic E-state index is 10.5. The van der Waals surface area contributed by atoms with Gasteiger partial charge in [-0.25, -0.2) is 4.98 Å². The number of ether oxygens (including phenoxy) is 1. The van der Waals surface area contributed by atoms with E-state index >= 15 is 0 Å². The third-order valence-corrected chi connectivity index (χ3v) is 2.41. The highest BCUT2D eigenvalue weighted by Gasteiger charge is 2.03. The van der Waals surface area contributed by atoms with Crippen LogP contribution in [-0.2, 0) is 6.61 Å². The Morgan fingerprint density at radius 3 is 2.72 bits per heavy atom. The lowest BCUT2D eigenvalue weighted by atomic mass is 10.2. The SMILES string of the molecule is N#Cc1ncccc1COc1ccc(C=O)cc1. The molecule has 0 aliphatic carbocycles. The molecule has 1 aromatic carbocycles. The van der Waals surface area contributed by atoms with Gasteiger partial charge in [-0.05, 0) is 30.3 Å². The molecule has 0 saturated carbocycles. The van der Waals surface area contributed by atoms with Crippen LogP contribution < -0.4 is 4.74 Å². The number of rotatable bonds is 4. The third kappa shape index (κ3) is 2.71. The van der Waals surface area contributed by atoms with Crippen molar-refractivity contribution in [2.24, 2.45) is 0 Å². The first-order chi connectivity index (χ1) is 8.83. The van der Waals surface area contributed by atoms with Gasteiger partial charge in [0.05, 0.1) is 0 Å². The number of hydrogen-bond donors (Lipinski definition) is 0. The van der Waals surface area contributed by atoms with Gasteiger partial charge in [0.2, 0.25) is 0 Å². The van der Waals surface area contributed by atoms with Crippen LogP contribution in [0.3, 0.4) is 0 Å². The summed E-state index contributed by atoms with van der Waals surface area (Å²) >= 11 is 0. The summed E-state index contributed by atoms with van der Waals surface area (Å²) in [7, 11) is 0. The summed E-state index contributed by atoms with van der Waals surface area (Å²) in [5.41, 5.74) is 1.70. The first-order valence-corrected chi connectivity index (χ1v) is 5.35. The second-order valence-corrected chi connectivity index (χ2v) is 3.60. The zero-order chi connectivity index (χ0) is 12.8. The van der Waals surface area contributed by atoms with Crippen LogP contribution >= 0.6 is 0 Å². The first kappa shape index (κ1) is 11.8. The standard InChI is InChI=1S/C14H10N2O2/c15-8-14-12(2-1-7-16-14)10-18-13-5-3-11(9-17)4-6-13/h1-7,9H,10H2. The number of aldehydes is 1. The lowest BCUT2D eigenvalue weighted by Gasteiger charge is -2.06. The van der Waals surface area contributed by atoms with Gasteiger partial charge in [-0.3, -0.25) is 4.79 Å². The van der Waals surface area contributed by atoms with Gasteiger partial charge in [0.1, 0.15) is 30.4 Å². The Hall–Kier alpha value is -2.67. The highest BCUT2D eigenvalue weighted by Crippen LogP contribution is 2.14. The van der Waals surface area contributed by atoms with Gasteiger partial charge in [-0.15, -0.1) is 0 Å². The van der Waals surface area contributed by atoms with E-state index in [1.807, 2.05) is 6.07 Å². The Kier molecular flexibility index (Phi) is 3.67. The Labute approximate surface area is 104 Å². The molecule has 0 atom stereocenters. The molecule has 0 aliphatic heterocycles. The summed E-state index contributed by atoms with van der Waals surface area (Å²) in [6.45, 7) is 0.275. The van der Waals surface area contributed by atoms with Crippen molar-refractivity contribution in [1.82, 2.24) is 4.98 Å². The molecule has 0 fully saturated rings. The van der Waals surface area contributed by atoms with E-state index in [1.54, 1.807) is 42.6 Å². The smallest absolute Gasteiger partial charge is 0.150 e. The van der Waals surface area contributed by atoms with Gasteiger partial charge in [0.15, 0.2) is 0 Å². The van der Waals surface area contributed by atoms with Gasteiger partial charge in [-0.1, -0.05) is 6.07 Å². The van der Waals surface area contributed by atoms with Crippen LogP contribution in [0.5, 0.6) is 5.75 Å². The van der Waals surface area contributed by atoms with Crippen LogP contribution in [0.2, 0.25) is 0 Å². The topological polar surface area (TPSA) is 63.0 Å². The van der Waals surface area contributed by atoms with Crippen LogP contribution in [0.1, 0.15) is 21.6 Å². The summed E-state index contributed by atoms with van der Waals surface area (Å²) in [5, 5.41) is 8.88. The highest BCUT2D eigenvalue weighted by molar-refractivity contribution is 5.74. The van der Waals surface area contributed by atoms with Crippen molar-refractivity contribution in [3.63, 3.8) is 0 Å². The fourth-order valence-corrected chi connectivity index (χ4v) is 1.46. The second kappa shape index (κ2) is 5.60. The summed E-state index contributed by atoms with van der Waals surface area (Å²) in [5.74, 6) is 0.647. The van der Waals surface area contributed by atoms with Crippen molar-refractivity contribution < 1.29 is 9.53 Å². The molecule has 0 radical (unpaired) electrons. The number of aromatic nitrogens is 1. The molecule has 0 bridgehead atoms. The quantitative estimate of drug-likeness (QED) is 0.767. The zero-order valence-electron chi connectivity index (χ0n) is 9.54. The first-order valence-electron chi connectivity index (χ1n) is 5.35. The number of pyridine rings is 1. The summed E-state index contributed by atoms with van der Waals surface area (Å²) in [6, 6.07) is 12.4. The van der Waals surface area contributed by atoms with Crippen molar-refractivity contribution >= 4 is 6.29 Å². The minimum atomic E-state index is 0.275. The number of nitrogens with zero attached hydrogens (tertiary/aromatic N) is 2. The normalized spacial score (nSPS) is 9.50. The molecular formula is C14H10N2O2. The molecule has 2 aromatic rings. The minimum absolute atomic E-state index is 0.275. The van der Waals surface area contributed by atoms with Crippen LogP contribution in [0.25, 0.3) is 0 Å². The van der Waals surface area contributed by atoms with Gasteiger partial charge >= 0.3 is 0 Å². The largest absolute Gasteiger partial charge is 0.489 e. The average Bonchev–Trinajstić information content (AvgIpc) is 2.46. The summed E-state index contributed by atoms with van der Waals surface area (Å²) in [4.78, 5) is 14.4. The average molecular weight is 238 g/mol. The van der Waals surface area contributed by atoms with Crippen molar-refractivity contribution in [2.75, 3.05) is 0 Å². The molecule has 4 heteroatoms. The Balaban J connectivity index is 2.07. The fraction of sp³-hybridized carbons (Fsp3) is 0.0714. The molecular weight excluding hydrogens is 228 g/mol. The van der Waals surface area contributed by atoms with E-state index in [0.717, 1.165) is 11.8 Å². The fourth-order valence-electron chi connectivity index (χ4n) is 1.46. The molecule has 0 amide bonds. The number of benzene rings is 1. The van der Waals surface area contributed by atoms with Crippen molar-refractivity contribution in [2.45, 2.75) is 6.61 Å². The molecule has 0 aliphatic rings. The van der Waals surface area contributed by atoms with E-state index in [0.29, 0.717) is 17.0 Å². The minimum Gasteiger partial charge on any atom is -0.489 e. The lowest BCUT2D eigenvalue weighted by Crippen LogP contribution is -1.99. The number of carbonyl (C=O) groups excluding carboxylic acids is 1. The van der Waals surface area contributed by atoms with Gasteiger partial charge in [0.25, 0.3) is 0 Å². The van der Waals surface area contributed by atoms with Crippen LogP contribution in [-0.4, -0.2) is 11.3 Å². The van der Waals surface area contributed by atoms with Crippen LogP contribution in [0.4, 0.5) is 0 Å². The van der Waals surface area contributed by atoms with Crippen LogP contribution in [0.15, 0.2) is 42.6 Å². The number of nitriles is 1. The summed E-state index contributed by atoms with van der Waals surface area (Å²) in [6.07, 6.45) is 2.35. The molecule has 18 heavy (non-hydrogen) atoms. The predicted molar refractivity (Wildman–Crippen MR) is 65.1 cm³/mol. The predicted octanol–water partition coefficient (Wildman–Crippen LogP) is 2.34. The molecule has 0 spiro atoms. The van der Waals surface area contributed by atoms with Crippen molar-refractivity contribution in [3.8, 4) is 11.8 Å². The van der Waals surface area contributed by atoms with E-state index in [1.165, 1.54) is 0 Å². The third-order valence-electron chi connectivity index (χ3n) is 2.41. The zero-order valence-corrected chi connectivity index (χ0v) is 9.54. The van der Waals surface area contributed by atoms with E-state index in [-0.39, 0.29) is 6.61 Å². The maximum Gasteiger partial charge on any atom is 0.150 e. The van der Waals surface area contributed by atoms with Gasteiger partial charge < -0.3 is 4.74 Å². The van der Waals surface area contributed by atoms with Crippen molar-refractivity contribution in [1.29, 1.82) is 5.26 Å². The van der Waals surface area contributed by atoms with E-state index < -0.39 is 0 Å². The Bertz CT molecular complexity index is 585. The van der Waals surface area contributed by atoms with E-state index in [2.05, 4.69) is 4.98 Å². The lowest BCUT2D eigenvalue weighted by molar-refractivity contribution is 0.112. The molecule has 1 aromatic heterocycles. The molecule has 1 heterocycles. The Morgan fingerprint density at radius 1 is 1.28 bits per heavy atom. The molecule has 0 saturated heterocycles.